The van der Waals surface area contributed by atoms with Crippen LogP contribution >= 0.6 is 0 Å². The van der Waals surface area contributed by atoms with E-state index in [1.807, 2.05) is 107 Å². The molecule has 16 nitrogen and oxygen atoms in total. The normalized spacial score (nSPS) is 18.2. The van der Waals surface area contributed by atoms with Crippen LogP contribution in [0.1, 0.15) is 106 Å². The van der Waals surface area contributed by atoms with E-state index in [4.69, 9.17) is 19.4 Å². The second kappa shape index (κ2) is 17.4. The zero-order chi connectivity index (χ0) is 48.3. The van der Waals surface area contributed by atoms with Gasteiger partial charge in [0.25, 0.3) is 0 Å². The predicted octanol–water partition coefficient (Wildman–Crippen LogP) is 9.79. The van der Waals surface area contributed by atoms with Gasteiger partial charge in [0.05, 0.1) is 58.2 Å². The molecule has 4 aliphatic heterocycles. The lowest BCUT2D eigenvalue weighted by molar-refractivity contribution is -0.287. The molecule has 0 radical (unpaired) electrons. The molecule has 0 amide bonds. The Morgan fingerprint density at radius 1 is 0.543 bits per heavy atom. The highest BCUT2D eigenvalue weighted by Crippen LogP contribution is 2.50. The van der Waals surface area contributed by atoms with Crippen LogP contribution in [0.4, 0.5) is 17.6 Å². The van der Waals surface area contributed by atoms with Crippen LogP contribution < -0.4 is 18.9 Å². The molecule has 2 atom stereocenters. The molecule has 0 N–H and O–H groups in total. The molecule has 4 aliphatic rings. The second-order valence-corrected chi connectivity index (χ2v) is 17.4. The summed E-state index contributed by atoms with van der Waals surface area (Å²) in [6.45, 7) is 9.22. The van der Waals surface area contributed by atoms with Gasteiger partial charge in [-0.3, -0.25) is 9.97 Å². The number of aromatic nitrogens is 12. The third-order valence-electron chi connectivity index (χ3n) is 12.4. The standard InChI is InChI=1S/2C25H22F2N6O2/c2*1-15-13-32(14-28-15)20-10-8-17(29-16(20)2)9-11-22-30-24-19(6-4-12-33(24)31-22)18-5-3-7-21-23(18)35-25(26,27)34-21/h2*3,5,7-11,13-14,19H,4,6,12H2,1-2H3/b2*11-9+/t2*19-/m10/s1. The number of benzene rings is 2. The van der Waals surface area contributed by atoms with Gasteiger partial charge in [-0.1, -0.05) is 24.3 Å². The molecule has 8 aromatic rings. The summed E-state index contributed by atoms with van der Waals surface area (Å²) < 4.78 is 81.3. The van der Waals surface area contributed by atoms with Crippen molar-refractivity contribution in [2.24, 2.45) is 0 Å². The van der Waals surface area contributed by atoms with Crippen molar-refractivity contribution in [3.05, 3.63) is 154 Å². The molecule has 20 heteroatoms. The number of hydrogen-bond acceptors (Lipinski definition) is 12. The monoisotopic (exact) mass is 952 g/mol. The molecular formula is C50H44F4N12O4. The van der Waals surface area contributed by atoms with E-state index in [-0.39, 0.29) is 34.8 Å². The predicted molar refractivity (Wildman–Crippen MR) is 247 cm³/mol. The fraction of sp³-hybridized carbons (Fsp3) is 0.280. The first-order valence-electron chi connectivity index (χ1n) is 22.7. The molecule has 70 heavy (non-hydrogen) atoms. The van der Waals surface area contributed by atoms with Crippen LogP contribution in [0.3, 0.4) is 0 Å². The average molecular weight is 953 g/mol. The molecule has 0 saturated heterocycles. The molecule has 0 spiro atoms. The van der Waals surface area contributed by atoms with Crippen molar-refractivity contribution in [1.29, 1.82) is 0 Å². The Morgan fingerprint density at radius 2 is 0.986 bits per heavy atom. The van der Waals surface area contributed by atoms with E-state index in [2.05, 4.69) is 39.6 Å². The van der Waals surface area contributed by atoms with Crippen molar-refractivity contribution in [1.82, 2.24) is 58.6 Å². The van der Waals surface area contributed by atoms with Crippen molar-refractivity contribution in [3.63, 3.8) is 0 Å². The average Bonchev–Trinajstić information content (AvgIpc) is 4.20. The fourth-order valence-corrected chi connectivity index (χ4v) is 9.30. The third kappa shape index (κ3) is 8.75. The maximum atomic E-state index is 13.7. The molecule has 6 aromatic heterocycles. The van der Waals surface area contributed by atoms with Crippen LogP contribution in [0.2, 0.25) is 0 Å². The molecule has 0 fully saturated rings. The van der Waals surface area contributed by atoms with Gasteiger partial charge in [-0.2, -0.15) is 10.2 Å². The Morgan fingerprint density at radius 3 is 1.39 bits per heavy atom. The molecule has 356 valence electrons. The summed E-state index contributed by atoms with van der Waals surface area (Å²) in [6.07, 6.45) is 10.7. The smallest absolute Gasteiger partial charge is 0.395 e. The number of alkyl halides is 4. The van der Waals surface area contributed by atoms with Gasteiger partial charge in [-0.05, 0) is 114 Å². The van der Waals surface area contributed by atoms with Crippen molar-refractivity contribution in [2.45, 2.75) is 90.9 Å². The fourth-order valence-electron chi connectivity index (χ4n) is 9.30. The van der Waals surface area contributed by atoms with E-state index in [0.29, 0.717) is 35.9 Å². The topological polar surface area (TPSA) is 160 Å². The third-order valence-corrected chi connectivity index (χ3v) is 12.4. The number of pyridine rings is 2. The minimum Gasteiger partial charge on any atom is -0.395 e. The quantitative estimate of drug-likeness (QED) is 0.133. The summed E-state index contributed by atoms with van der Waals surface area (Å²) in [7, 11) is 0. The minimum atomic E-state index is -3.66. The van der Waals surface area contributed by atoms with E-state index in [1.54, 1.807) is 36.9 Å². The first kappa shape index (κ1) is 44.4. The zero-order valence-electron chi connectivity index (χ0n) is 38.3. The first-order chi connectivity index (χ1) is 33.7. The van der Waals surface area contributed by atoms with Crippen molar-refractivity contribution in [2.75, 3.05) is 0 Å². The SMILES string of the molecule is Cc1cn(-c2ccc(/C=C/c3nc4n(n3)CCC[C@@H]4c3cccc4c3OC(F)(F)O4)nc2C)cn1.Cc1cn(-c2ccc(/C=C/c3nc4n(n3)CCC[C@H]4c3cccc4c3OC(F)(F)O4)nc2C)cn1. The summed E-state index contributed by atoms with van der Waals surface area (Å²) in [5, 5.41) is 9.22. The number of aryl methyl sites for hydroxylation is 6. The van der Waals surface area contributed by atoms with Gasteiger partial charge in [0.1, 0.15) is 11.6 Å². The van der Waals surface area contributed by atoms with Crippen molar-refractivity contribution in [3.8, 4) is 34.4 Å². The van der Waals surface area contributed by atoms with E-state index in [0.717, 1.165) is 82.9 Å². The lowest BCUT2D eigenvalue weighted by Crippen LogP contribution is -2.26. The largest absolute Gasteiger partial charge is 0.586 e. The molecule has 10 heterocycles. The van der Waals surface area contributed by atoms with Crippen LogP contribution in [0.25, 0.3) is 35.7 Å². The Hall–Kier alpha value is -8.16. The van der Waals surface area contributed by atoms with E-state index in [1.165, 1.54) is 12.1 Å². The van der Waals surface area contributed by atoms with E-state index < -0.39 is 12.6 Å². The Labute approximate surface area is 397 Å². The van der Waals surface area contributed by atoms with Crippen LogP contribution in [0.5, 0.6) is 23.0 Å². The Bertz CT molecular complexity index is 3140. The van der Waals surface area contributed by atoms with Crippen LogP contribution in [0.15, 0.2) is 85.7 Å². The number of halogens is 4. The summed E-state index contributed by atoms with van der Waals surface area (Å²) in [6, 6.07) is 17.8. The molecule has 12 rings (SSSR count). The van der Waals surface area contributed by atoms with Gasteiger partial charge in [-0.25, -0.2) is 29.3 Å². The molecule has 0 unspecified atom stereocenters. The summed E-state index contributed by atoms with van der Waals surface area (Å²) in [5.41, 5.74) is 8.38. The summed E-state index contributed by atoms with van der Waals surface area (Å²) in [4.78, 5) is 27.3. The Balaban J connectivity index is 0.000000152. The molecule has 0 aliphatic carbocycles. The van der Waals surface area contributed by atoms with Gasteiger partial charge in [0, 0.05) is 48.4 Å². The lowest BCUT2D eigenvalue weighted by Gasteiger charge is -2.23. The number of nitrogens with zero attached hydrogens (tertiary/aromatic N) is 12. The second-order valence-electron chi connectivity index (χ2n) is 17.4. The van der Waals surface area contributed by atoms with Gasteiger partial charge >= 0.3 is 12.6 Å². The van der Waals surface area contributed by atoms with E-state index >= 15 is 0 Å². The molecule has 0 bridgehead atoms. The molecular weight excluding hydrogens is 909 g/mol. The van der Waals surface area contributed by atoms with Crippen LogP contribution in [-0.2, 0) is 13.1 Å². The van der Waals surface area contributed by atoms with E-state index in [9.17, 15) is 17.6 Å². The zero-order valence-corrected chi connectivity index (χ0v) is 38.3. The van der Waals surface area contributed by atoms with Gasteiger partial charge in [0.2, 0.25) is 0 Å². The number of para-hydroxylation sites is 2. The molecule has 2 aromatic carbocycles. The summed E-state index contributed by atoms with van der Waals surface area (Å²) in [5.74, 6) is 2.31. The van der Waals surface area contributed by atoms with Crippen molar-refractivity contribution < 1.29 is 36.5 Å². The maximum Gasteiger partial charge on any atom is 0.586 e. The van der Waals surface area contributed by atoms with Gasteiger partial charge in [-0.15, -0.1) is 17.6 Å². The van der Waals surface area contributed by atoms with Gasteiger partial charge in [0.15, 0.2) is 34.6 Å². The highest BCUT2D eigenvalue weighted by atomic mass is 19.3. The minimum absolute atomic E-state index is 0.0417. The summed E-state index contributed by atoms with van der Waals surface area (Å²) >= 11 is 0. The maximum absolute atomic E-state index is 13.7. The number of hydrogen-bond donors (Lipinski definition) is 0. The van der Waals surface area contributed by atoms with Crippen molar-refractivity contribution >= 4 is 24.3 Å². The van der Waals surface area contributed by atoms with Gasteiger partial charge < -0.3 is 28.1 Å². The number of ether oxygens (including phenoxy) is 4. The molecule has 0 saturated carbocycles. The Kier molecular flexibility index (Phi) is 11.0. The highest BCUT2D eigenvalue weighted by Gasteiger charge is 2.47. The first-order valence-corrected chi connectivity index (χ1v) is 22.7. The van der Waals surface area contributed by atoms with Crippen LogP contribution in [-0.4, -0.2) is 71.2 Å². The number of rotatable bonds is 8. The number of imidazole rings is 2. The lowest BCUT2D eigenvalue weighted by atomic mass is 9.90. The highest BCUT2D eigenvalue weighted by molar-refractivity contribution is 5.66. The van der Waals surface area contributed by atoms with Crippen LogP contribution in [0, 0.1) is 27.7 Å². The number of fused-ring (bicyclic) bond motifs is 4.